The van der Waals surface area contributed by atoms with Crippen LogP contribution in [-0.4, -0.2) is 6.54 Å². The summed E-state index contributed by atoms with van der Waals surface area (Å²) in [7, 11) is 0. The van der Waals surface area contributed by atoms with Crippen molar-refractivity contribution >= 4 is 0 Å². The molecular formula is C14H21N. The SMILES string of the molecule is CC1CCc2ccc(CCCCN)cc21. The van der Waals surface area contributed by atoms with Crippen LogP contribution in [0.3, 0.4) is 0 Å². The molecule has 2 N–H and O–H groups in total. The molecule has 1 aromatic rings. The van der Waals surface area contributed by atoms with Crippen LogP contribution in [0.15, 0.2) is 18.2 Å². The lowest BCUT2D eigenvalue weighted by Gasteiger charge is -2.07. The van der Waals surface area contributed by atoms with E-state index in [4.69, 9.17) is 5.73 Å². The van der Waals surface area contributed by atoms with E-state index >= 15 is 0 Å². The number of fused-ring (bicyclic) bond motifs is 1. The maximum Gasteiger partial charge on any atom is -0.00772 e. The summed E-state index contributed by atoms with van der Waals surface area (Å²) in [5.74, 6) is 0.773. The average molecular weight is 203 g/mol. The first-order chi connectivity index (χ1) is 7.31. The molecule has 1 atom stereocenters. The first-order valence-electron chi connectivity index (χ1n) is 6.13. The molecule has 0 bridgehead atoms. The van der Waals surface area contributed by atoms with E-state index in [1.807, 2.05) is 0 Å². The third-order valence-corrected chi connectivity index (χ3v) is 3.51. The van der Waals surface area contributed by atoms with Crippen LogP contribution in [0.4, 0.5) is 0 Å². The second kappa shape index (κ2) is 4.80. The van der Waals surface area contributed by atoms with E-state index in [2.05, 4.69) is 25.1 Å². The largest absolute Gasteiger partial charge is 0.330 e. The Kier molecular flexibility index (Phi) is 3.42. The van der Waals surface area contributed by atoms with Gasteiger partial charge in [0.2, 0.25) is 0 Å². The highest BCUT2D eigenvalue weighted by molar-refractivity contribution is 5.38. The zero-order valence-corrected chi connectivity index (χ0v) is 9.63. The van der Waals surface area contributed by atoms with Gasteiger partial charge in [0, 0.05) is 0 Å². The van der Waals surface area contributed by atoms with Crippen LogP contribution in [0.25, 0.3) is 0 Å². The first kappa shape index (κ1) is 10.7. The quantitative estimate of drug-likeness (QED) is 0.748. The molecule has 15 heavy (non-hydrogen) atoms. The second-order valence-electron chi connectivity index (χ2n) is 4.72. The van der Waals surface area contributed by atoms with Gasteiger partial charge in [0.1, 0.15) is 0 Å². The first-order valence-corrected chi connectivity index (χ1v) is 6.13. The minimum Gasteiger partial charge on any atom is -0.330 e. The van der Waals surface area contributed by atoms with E-state index in [0.717, 1.165) is 18.9 Å². The minimum atomic E-state index is 0.773. The van der Waals surface area contributed by atoms with E-state index in [1.165, 1.54) is 31.2 Å². The van der Waals surface area contributed by atoms with Crippen LogP contribution in [0, 0.1) is 0 Å². The summed E-state index contributed by atoms with van der Waals surface area (Å²) in [5, 5.41) is 0. The van der Waals surface area contributed by atoms with Gasteiger partial charge in [-0.2, -0.15) is 0 Å². The molecule has 0 aromatic heterocycles. The average Bonchev–Trinajstić information content (AvgIpc) is 2.61. The number of aryl methyl sites for hydroxylation is 2. The smallest absolute Gasteiger partial charge is 0.00772 e. The Morgan fingerprint density at radius 3 is 3.00 bits per heavy atom. The Bertz CT molecular complexity index is 330. The van der Waals surface area contributed by atoms with Crippen molar-refractivity contribution in [2.24, 2.45) is 5.73 Å². The van der Waals surface area contributed by atoms with Crippen molar-refractivity contribution in [2.45, 2.75) is 44.9 Å². The maximum atomic E-state index is 5.50. The summed E-state index contributed by atoms with van der Waals surface area (Å²) >= 11 is 0. The Balaban J connectivity index is 2.05. The molecule has 0 saturated carbocycles. The molecule has 0 amide bonds. The molecule has 0 fully saturated rings. The van der Waals surface area contributed by atoms with E-state index in [-0.39, 0.29) is 0 Å². The number of rotatable bonds is 4. The summed E-state index contributed by atoms with van der Waals surface area (Å²) in [4.78, 5) is 0. The van der Waals surface area contributed by atoms with Gasteiger partial charge in [-0.25, -0.2) is 0 Å². The molecule has 2 rings (SSSR count). The fourth-order valence-electron chi connectivity index (χ4n) is 2.49. The molecule has 1 nitrogen and oxygen atoms in total. The van der Waals surface area contributed by atoms with Crippen molar-refractivity contribution in [3.63, 3.8) is 0 Å². The van der Waals surface area contributed by atoms with Crippen molar-refractivity contribution < 1.29 is 0 Å². The fraction of sp³-hybridized carbons (Fsp3) is 0.571. The van der Waals surface area contributed by atoms with Gasteiger partial charge < -0.3 is 5.73 Å². The normalized spacial score (nSPS) is 19.2. The zero-order valence-electron chi connectivity index (χ0n) is 9.63. The van der Waals surface area contributed by atoms with Gasteiger partial charge in [-0.05, 0) is 61.3 Å². The molecule has 1 aliphatic rings. The zero-order chi connectivity index (χ0) is 10.7. The van der Waals surface area contributed by atoms with E-state index in [0.29, 0.717) is 0 Å². The van der Waals surface area contributed by atoms with Crippen molar-refractivity contribution in [1.82, 2.24) is 0 Å². The Hall–Kier alpha value is -0.820. The lowest BCUT2D eigenvalue weighted by atomic mass is 9.98. The van der Waals surface area contributed by atoms with Crippen molar-refractivity contribution in [3.05, 3.63) is 34.9 Å². The van der Waals surface area contributed by atoms with E-state index < -0.39 is 0 Å². The summed E-state index contributed by atoms with van der Waals surface area (Å²) in [6.07, 6.45) is 6.18. The highest BCUT2D eigenvalue weighted by atomic mass is 14.5. The number of unbranched alkanes of at least 4 members (excludes halogenated alkanes) is 1. The molecule has 0 heterocycles. The van der Waals surface area contributed by atoms with Crippen LogP contribution in [0.1, 0.15) is 48.8 Å². The van der Waals surface area contributed by atoms with Gasteiger partial charge in [-0.3, -0.25) is 0 Å². The Morgan fingerprint density at radius 1 is 1.33 bits per heavy atom. The van der Waals surface area contributed by atoms with Gasteiger partial charge in [0.15, 0.2) is 0 Å². The molecular weight excluding hydrogens is 182 g/mol. The van der Waals surface area contributed by atoms with E-state index in [9.17, 15) is 0 Å². The maximum absolute atomic E-state index is 5.50. The van der Waals surface area contributed by atoms with Crippen molar-refractivity contribution in [3.8, 4) is 0 Å². The van der Waals surface area contributed by atoms with Crippen LogP contribution in [0.2, 0.25) is 0 Å². The summed E-state index contributed by atoms with van der Waals surface area (Å²) in [6.45, 7) is 3.16. The molecule has 1 aliphatic carbocycles. The molecule has 0 aliphatic heterocycles. The third kappa shape index (κ3) is 2.40. The summed E-state index contributed by atoms with van der Waals surface area (Å²) in [5.41, 5.74) is 10.2. The Labute approximate surface area is 92.7 Å². The van der Waals surface area contributed by atoms with Crippen molar-refractivity contribution in [1.29, 1.82) is 0 Å². The summed E-state index contributed by atoms with van der Waals surface area (Å²) in [6, 6.07) is 7.05. The molecule has 0 spiro atoms. The standard InChI is InChI=1S/C14H21N/c1-11-5-7-13-8-6-12(10-14(11)13)4-2-3-9-15/h6,8,10-11H,2-5,7,9,15H2,1H3. The number of hydrogen-bond acceptors (Lipinski definition) is 1. The highest BCUT2D eigenvalue weighted by Crippen LogP contribution is 2.33. The van der Waals surface area contributed by atoms with Crippen LogP contribution >= 0.6 is 0 Å². The van der Waals surface area contributed by atoms with Crippen molar-refractivity contribution in [2.75, 3.05) is 6.54 Å². The van der Waals surface area contributed by atoms with E-state index in [1.54, 1.807) is 11.1 Å². The highest BCUT2D eigenvalue weighted by Gasteiger charge is 2.18. The molecule has 1 heteroatoms. The van der Waals surface area contributed by atoms with Gasteiger partial charge in [-0.15, -0.1) is 0 Å². The molecule has 0 radical (unpaired) electrons. The Morgan fingerprint density at radius 2 is 2.20 bits per heavy atom. The number of nitrogens with two attached hydrogens (primary N) is 1. The fourth-order valence-corrected chi connectivity index (χ4v) is 2.49. The van der Waals surface area contributed by atoms with Crippen LogP contribution in [-0.2, 0) is 12.8 Å². The monoisotopic (exact) mass is 203 g/mol. The van der Waals surface area contributed by atoms with Gasteiger partial charge in [-0.1, -0.05) is 25.1 Å². The summed E-state index contributed by atoms with van der Waals surface area (Å²) < 4.78 is 0. The lowest BCUT2D eigenvalue weighted by Crippen LogP contribution is -1.99. The predicted molar refractivity (Wildman–Crippen MR) is 65.2 cm³/mol. The number of benzene rings is 1. The van der Waals surface area contributed by atoms with Crippen LogP contribution in [0.5, 0.6) is 0 Å². The molecule has 1 aromatic carbocycles. The third-order valence-electron chi connectivity index (χ3n) is 3.51. The lowest BCUT2D eigenvalue weighted by molar-refractivity contribution is 0.736. The van der Waals surface area contributed by atoms with Gasteiger partial charge in [0.25, 0.3) is 0 Å². The topological polar surface area (TPSA) is 26.0 Å². The number of hydrogen-bond donors (Lipinski definition) is 1. The second-order valence-corrected chi connectivity index (χ2v) is 4.72. The van der Waals surface area contributed by atoms with Gasteiger partial charge >= 0.3 is 0 Å². The predicted octanol–water partition coefficient (Wildman–Crippen LogP) is 3.02. The molecule has 1 unspecified atom stereocenters. The molecule has 82 valence electrons. The van der Waals surface area contributed by atoms with Gasteiger partial charge in [0.05, 0.1) is 0 Å². The minimum absolute atomic E-state index is 0.773. The van der Waals surface area contributed by atoms with Crippen LogP contribution < -0.4 is 5.73 Å². The molecule has 0 saturated heterocycles.